The monoisotopic (exact) mass is 269 g/mol. The van der Waals surface area contributed by atoms with Crippen molar-refractivity contribution in [1.29, 1.82) is 0 Å². The molecule has 0 aliphatic heterocycles. The van der Waals surface area contributed by atoms with E-state index in [-0.39, 0.29) is 11.9 Å². The topological polar surface area (TPSA) is 70.9 Å². The van der Waals surface area contributed by atoms with Gasteiger partial charge in [0.15, 0.2) is 5.76 Å². The SMILES string of the molecule is CCC(NC(=O)c1cc2ccccc2o1)c1ncc[nH]1. The van der Waals surface area contributed by atoms with E-state index in [2.05, 4.69) is 15.3 Å². The van der Waals surface area contributed by atoms with Crippen LogP contribution in [0.25, 0.3) is 11.0 Å². The highest BCUT2D eigenvalue weighted by Crippen LogP contribution is 2.20. The summed E-state index contributed by atoms with van der Waals surface area (Å²) in [4.78, 5) is 19.4. The standard InChI is InChI=1S/C15H15N3O2/c1-2-11(14-16-7-8-17-14)18-15(19)13-9-10-5-3-4-6-12(10)20-13/h3-9,11H,2H2,1H3,(H,16,17)(H,18,19). The summed E-state index contributed by atoms with van der Waals surface area (Å²) in [6.07, 6.45) is 4.16. The number of H-pyrrole nitrogens is 1. The molecule has 1 unspecified atom stereocenters. The summed E-state index contributed by atoms with van der Waals surface area (Å²) in [5, 5.41) is 3.84. The third-order valence-electron chi connectivity index (χ3n) is 3.21. The predicted octanol–water partition coefficient (Wildman–Crippen LogP) is 3.04. The zero-order valence-electron chi connectivity index (χ0n) is 11.1. The van der Waals surface area contributed by atoms with E-state index < -0.39 is 0 Å². The zero-order valence-corrected chi connectivity index (χ0v) is 11.1. The molecule has 2 heterocycles. The molecule has 3 rings (SSSR count). The molecule has 2 N–H and O–H groups in total. The number of fused-ring (bicyclic) bond motifs is 1. The fourth-order valence-corrected chi connectivity index (χ4v) is 2.15. The van der Waals surface area contributed by atoms with E-state index in [4.69, 9.17) is 4.42 Å². The van der Waals surface area contributed by atoms with Crippen molar-refractivity contribution in [3.05, 3.63) is 54.3 Å². The maximum absolute atomic E-state index is 12.2. The number of carbonyl (C=O) groups excluding carboxylic acids is 1. The van der Waals surface area contributed by atoms with Gasteiger partial charge in [0.25, 0.3) is 5.91 Å². The molecule has 2 aromatic heterocycles. The average Bonchev–Trinajstić information content (AvgIpc) is 3.13. The van der Waals surface area contributed by atoms with E-state index in [1.54, 1.807) is 18.5 Å². The number of carbonyl (C=O) groups is 1. The Balaban J connectivity index is 1.81. The molecule has 0 saturated heterocycles. The number of nitrogens with one attached hydrogen (secondary N) is 2. The van der Waals surface area contributed by atoms with E-state index in [1.807, 2.05) is 31.2 Å². The lowest BCUT2D eigenvalue weighted by atomic mass is 10.2. The number of aromatic amines is 1. The molecule has 3 aromatic rings. The molecule has 20 heavy (non-hydrogen) atoms. The quantitative estimate of drug-likeness (QED) is 0.764. The molecule has 5 heteroatoms. The van der Waals surface area contributed by atoms with Crippen LogP contribution in [0, 0.1) is 0 Å². The van der Waals surface area contributed by atoms with Crippen LogP contribution in [-0.4, -0.2) is 15.9 Å². The molecule has 0 bridgehead atoms. The van der Waals surface area contributed by atoms with E-state index in [1.165, 1.54) is 0 Å². The maximum atomic E-state index is 12.2. The van der Waals surface area contributed by atoms with Gasteiger partial charge in [-0.05, 0) is 18.6 Å². The molecular weight excluding hydrogens is 254 g/mol. The minimum Gasteiger partial charge on any atom is -0.451 e. The largest absolute Gasteiger partial charge is 0.451 e. The molecule has 0 fully saturated rings. The fraction of sp³-hybridized carbons (Fsp3) is 0.200. The number of nitrogens with zero attached hydrogens (tertiary/aromatic N) is 1. The van der Waals surface area contributed by atoms with Crippen LogP contribution >= 0.6 is 0 Å². The molecule has 0 aliphatic carbocycles. The van der Waals surface area contributed by atoms with Crippen molar-refractivity contribution >= 4 is 16.9 Å². The molecule has 102 valence electrons. The highest BCUT2D eigenvalue weighted by molar-refractivity contribution is 5.96. The molecule has 0 spiro atoms. The van der Waals surface area contributed by atoms with E-state index in [0.29, 0.717) is 11.3 Å². The number of aromatic nitrogens is 2. The fourth-order valence-electron chi connectivity index (χ4n) is 2.15. The summed E-state index contributed by atoms with van der Waals surface area (Å²) in [6, 6.07) is 9.16. The lowest BCUT2D eigenvalue weighted by molar-refractivity contribution is 0.0908. The summed E-state index contributed by atoms with van der Waals surface area (Å²) >= 11 is 0. The van der Waals surface area contributed by atoms with Gasteiger partial charge in [-0.3, -0.25) is 4.79 Å². The smallest absolute Gasteiger partial charge is 0.287 e. The Hall–Kier alpha value is -2.56. The maximum Gasteiger partial charge on any atom is 0.287 e. The number of amides is 1. The second kappa shape index (κ2) is 5.21. The third-order valence-corrected chi connectivity index (χ3v) is 3.21. The number of benzene rings is 1. The lowest BCUT2D eigenvalue weighted by Crippen LogP contribution is -2.28. The van der Waals surface area contributed by atoms with Gasteiger partial charge in [0.05, 0.1) is 6.04 Å². The Kier molecular flexibility index (Phi) is 3.25. The van der Waals surface area contributed by atoms with Crippen LogP contribution in [0.2, 0.25) is 0 Å². The van der Waals surface area contributed by atoms with Crippen LogP contribution in [0.15, 0.2) is 47.1 Å². The van der Waals surface area contributed by atoms with Crippen LogP contribution in [0.5, 0.6) is 0 Å². The van der Waals surface area contributed by atoms with Gasteiger partial charge in [0.2, 0.25) is 0 Å². The second-order valence-corrected chi connectivity index (χ2v) is 4.56. The minimum absolute atomic E-state index is 0.147. The summed E-state index contributed by atoms with van der Waals surface area (Å²) in [5.74, 6) is 0.831. The molecule has 1 amide bonds. The van der Waals surface area contributed by atoms with Crippen molar-refractivity contribution in [1.82, 2.24) is 15.3 Å². The average molecular weight is 269 g/mol. The van der Waals surface area contributed by atoms with Crippen LogP contribution in [0.1, 0.15) is 35.8 Å². The van der Waals surface area contributed by atoms with Crippen molar-refractivity contribution in [3.63, 3.8) is 0 Å². The number of hydrogen-bond acceptors (Lipinski definition) is 3. The molecule has 0 radical (unpaired) electrons. The predicted molar refractivity (Wildman–Crippen MR) is 75.3 cm³/mol. The third kappa shape index (κ3) is 2.30. The Morgan fingerprint density at radius 2 is 2.30 bits per heavy atom. The summed E-state index contributed by atoms with van der Waals surface area (Å²) in [5.41, 5.74) is 0.712. The van der Waals surface area contributed by atoms with Crippen molar-refractivity contribution < 1.29 is 9.21 Å². The number of imidazole rings is 1. The van der Waals surface area contributed by atoms with E-state index in [0.717, 1.165) is 17.6 Å². The van der Waals surface area contributed by atoms with E-state index in [9.17, 15) is 4.79 Å². The van der Waals surface area contributed by atoms with E-state index >= 15 is 0 Å². The van der Waals surface area contributed by atoms with Gasteiger partial charge in [0.1, 0.15) is 11.4 Å². The normalized spacial score (nSPS) is 12.4. The van der Waals surface area contributed by atoms with Gasteiger partial charge < -0.3 is 14.7 Å². The van der Waals surface area contributed by atoms with Crippen LogP contribution in [0.3, 0.4) is 0 Å². The van der Waals surface area contributed by atoms with Crippen molar-refractivity contribution in [3.8, 4) is 0 Å². The number of hydrogen-bond donors (Lipinski definition) is 2. The number of rotatable bonds is 4. The molecule has 1 atom stereocenters. The first kappa shape index (κ1) is 12.5. The Morgan fingerprint density at radius 1 is 1.45 bits per heavy atom. The number of furan rings is 1. The first-order chi connectivity index (χ1) is 9.78. The van der Waals surface area contributed by atoms with Gasteiger partial charge >= 0.3 is 0 Å². The van der Waals surface area contributed by atoms with Crippen LogP contribution in [0.4, 0.5) is 0 Å². The van der Waals surface area contributed by atoms with Crippen LogP contribution in [-0.2, 0) is 0 Å². The Morgan fingerprint density at radius 3 is 3.00 bits per heavy atom. The van der Waals surface area contributed by atoms with Crippen molar-refractivity contribution in [2.45, 2.75) is 19.4 Å². The minimum atomic E-state index is -0.232. The first-order valence-electron chi connectivity index (χ1n) is 6.56. The lowest BCUT2D eigenvalue weighted by Gasteiger charge is -2.13. The van der Waals surface area contributed by atoms with Gasteiger partial charge in [0, 0.05) is 17.8 Å². The molecule has 1 aromatic carbocycles. The highest BCUT2D eigenvalue weighted by atomic mass is 16.3. The summed E-state index contributed by atoms with van der Waals surface area (Å²) < 4.78 is 5.55. The summed E-state index contributed by atoms with van der Waals surface area (Å²) in [7, 11) is 0. The van der Waals surface area contributed by atoms with Crippen molar-refractivity contribution in [2.24, 2.45) is 0 Å². The van der Waals surface area contributed by atoms with Gasteiger partial charge in [-0.2, -0.15) is 0 Å². The van der Waals surface area contributed by atoms with Gasteiger partial charge in [-0.1, -0.05) is 25.1 Å². The van der Waals surface area contributed by atoms with Crippen molar-refractivity contribution in [2.75, 3.05) is 0 Å². The molecular formula is C15H15N3O2. The molecule has 0 saturated carbocycles. The zero-order chi connectivity index (χ0) is 13.9. The molecule has 5 nitrogen and oxygen atoms in total. The summed E-state index contributed by atoms with van der Waals surface area (Å²) in [6.45, 7) is 1.99. The second-order valence-electron chi connectivity index (χ2n) is 4.56. The molecule has 0 aliphatic rings. The van der Waals surface area contributed by atoms with Gasteiger partial charge in [-0.25, -0.2) is 4.98 Å². The van der Waals surface area contributed by atoms with Gasteiger partial charge in [-0.15, -0.1) is 0 Å². The Labute approximate surface area is 116 Å². The van der Waals surface area contributed by atoms with Crippen LogP contribution < -0.4 is 5.32 Å². The highest BCUT2D eigenvalue weighted by Gasteiger charge is 2.18. The Bertz CT molecular complexity index is 683. The number of para-hydroxylation sites is 1. The first-order valence-corrected chi connectivity index (χ1v) is 6.56.